The number of hydrogen-bond acceptors (Lipinski definition) is 6. The van der Waals surface area contributed by atoms with Crippen LogP contribution in [0.2, 0.25) is 0 Å². The summed E-state index contributed by atoms with van der Waals surface area (Å²) in [6, 6.07) is 0. The van der Waals surface area contributed by atoms with Crippen molar-refractivity contribution >= 4 is 17.9 Å². The largest absolute Gasteiger partial charge is 0.462 e. The minimum Gasteiger partial charge on any atom is -0.462 e. The molecule has 0 aliphatic carbocycles. The fourth-order valence-electron chi connectivity index (χ4n) is 7.69. The fraction of sp³-hybridized carbons (Fsp3) is 0.836. The lowest BCUT2D eigenvalue weighted by atomic mass is 10.0. The van der Waals surface area contributed by atoms with Crippen LogP contribution in [0.15, 0.2) is 36.5 Å². The third-order valence-electron chi connectivity index (χ3n) is 11.7. The molecule has 1 atom stereocenters. The third kappa shape index (κ3) is 48.5. The molecule has 1 unspecified atom stereocenters. The molecule has 0 aliphatic rings. The van der Waals surface area contributed by atoms with Gasteiger partial charge < -0.3 is 14.2 Å². The van der Waals surface area contributed by atoms with Gasteiger partial charge in [-0.3, -0.25) is 14.4 Å². The van der Waals surface area contributed by atoms with Gasteiger partial charge >= 0.3 is 17.9 Å². The predicted octanol–water partition coefficient (Wildman–Crippen LogP) is 17.3. The molecule has 0 spiro atoms. The molecular formula is C55H100O6. The van der Waals surface area contributed by atoms with Gasteiger partial charge in [-0.2, -0.15) is 0 Å². The summed E-state index contributed by atoms with van der Waals surface area (Å²) >= 11 is 0. The van der Waals surface area contributed by atoms with E-state index < -0.39 is 6.10 Å². The number of carbonyl (C=O) groups excluding carboxylic acids is 3. The minimum absolute atomic E-state index is 0.0713. The zero-order valence-electron chi connectivity index (χ0n) is 40.7. The van der Waals surface area contributed by atoms with Gasteiger partial charge in [-0.05, 0) is 51.4 Å². The second kappa shape index (κ2) is 50.3. The van der Waals surface area contributed by atoms with Crippen LogP contribution in [-0.4, -0.2) is 37.2 Å². The number of hydrogen-bond donors (Lipinski definition) is 0. The molecule has 0 aromatic carbocycles. The van der Waals surface area contributed by atoms with E-state index in [2.05, 4.69) is 57.2 Å². The second-order valence-electron chi connectivity index (χ2n) is 17.8. The number of ether oxygens (including phenoxy) is 3. The van der Waals surface area contributed by atoms with Crippen LogP contribution in [0.1, 0.15) is 278 Å². The molecular weight excluding hydrogens is 757 g/mol. The van der Waals surface area contributed by atoms with Crippen molar-refractivity contribution in [3.8, 4) is 0 Å². The highest BCUT2D eigenvalue weighted by Gasteiger charge is 2.19. The Kier molecular flexibility index (Phi) is 48.3. The van der Waals surface area contributed by atoms with Crippen molar-refractivity contribution in [1.82, 2.24) is 0 Å². The van der Waals surface area contributed by atoms with Crippen molar-refractivity contribution in [2.45, 2.75) is 284 Å². The second-order valence-corrected chi connectivity index (χ2v) is 17.8. The maximum atomic E-state index is 12.8. The SMILES string of the molecule is CC/C=C\C/C=C\C/C=C\CCCCCCCCCC(=O)OCC(COC(=O)CCCCCCCCCCC)OC(=O)CCCCCCCCCCCCCCCCCCC. The first-order chi connectivity index (χ1) is 30.0. The maximum Gasteiger partial charge on any atom is 0.306 e. The van der Waals surface area contributed by atoms with Gasteiger partial charge in [0.1, 0.15) is 13.2 Å². The lowest BCUT2D eigenvalue weighted by molar-refractivity contribution is -0.167. The molecule has 0 radical (unpaired) electrons. The summed E-state index contributed by atoms with van der Waals surface area (Å²) in [5.41, 5.74) is 0. The normalized spacial score (nSPS) is 12.2. The van der Waals surface area contributed by atoms with E-state index in [9.17, 15) is 14.4 Å². The lowest BCUT2D eigenvalue weighted by Gasteiger charge is -2.18. The van der Waals surface area contributed by atoms with Crippen LogP contribution < -0.4 is 0 Å². The van der Waals surface area contributed by atoms with E-state index in [0.29, 0.717) is 19.3 Å². The van der Waals surface area contributed by atoms with Gasteiger partial charge in [-0.15, -0.1) is 0 Å². The Balaban J connectivity index is 4.29. The number of allylic oxidation sites excluding steroid dienone is 6. The van der Waals surface area contributed by atoms with Crippen LogP contribution in [0.5, 0.6) is 0 Å². The van der Waals surface area contributed by atoms with Crippen molar-refractivity contribution in [1.29, 1.82) is 0 Å². The smallest absolute Gasteiger partial charge is 0.306 e. The molecule has 0 saturated carbocycles. The summed E-state index contributed by atoms with van der Waals surface area (Å²) in [5.74, 6) is -0.871. The first-order valence-corrected chi connectivity index (χ1v) is 26.5. The first kappa shape index (κ1) is 58.6. The molecule has 0 aromatic rings. The van der Waals surface area contributed by atoms with E-state index in [0.717, 1.165) is 83.5 Å². The minimum atomic E-state index is -0.770. The highest BCUT2D eigenvalue weighted by atomic mass is 16.6. The van der Waals surface area contributed by atoms with E-state index in [1.54, 1.807) is 0 Å². The van der Waals surface area contributed by atoms with E-state index in [-0.39, 0.29) is 31.1 Å². The average Bonchev–Trinajstić information content (AvgIpc) is 3.26. The van der Waals surface area contributed by atoms with E-state index >= 15 is 0 Å². The summed E-state index contributed by atoms with van der Waals surface area (Å²) < 4.78 is 16.8. The summed E-state index contributed by atoms with van der Waals surface area (Å²) in [6.45, 7) is 6.53. The molecule has 0 fully saturated rings. The monoisotopic (exact) mass is 857 g/mol. The average molecular weight is 857 g/mol. The Bertz CT molecular complexity index is 1030. The van der Waals surface area contributed by atoms with Gasteiger partial charge in [-0.25, -0.2) is 0 Å². The highest BCUT2D eigenvalue weighted by molar-refractivity contribution is 5.71. The third-order valence-corrected chi connectivity index (χ3v) is 11.7. The number of rotatable bonds is 48. The molecule has 356 valence electrons. The molecule has 61 heavy (non-hydrogen) atoms. The van der Waals surface area contributed by atoms with Crippen molar-refractivity contribution in [2.24, 2.45) is 0 Å². The lowest BCUT2D eigenvalue weighted by Crippen LogP contribution is -2.30. The maximum absolute atomic E-state index is 12.8. The molecule has 0 aliphatic heterocycles. The molecule has 0 aromatic heterocycles. The van der Waals surface area contributed by atoms with E-state index in [1.165, 1.54) is 154 Å². The zero-order valence-corrected chi connectivity index (χ0v) is 40.7. The Morgan fingerprint density at radius 3 is 1.00 bits per heavy atom. The van der Waals surface area contributed by atoms with Gasteiger partial charge in [-0.1, -0.05) is 243 Å². The molecule has 0 rings (SSSR count). The first-order valence-electron chi connectivity index (χ1n) is 26.5. The number of carbonyl (C=O) groups is 3. The fourth-order valence-corrected chi connectivity index (χ4v) is 7.69. The van der Waals surface area contributed by atoms with Crippen molar-refractivity contribution in [3.05, 3.63) is 36.5 Å². The van der Waals surface area contributed by atoms with Gasteiger partial charge in [0.05, 0.1) is 0 Å². The van der Waals surface area contributed by atoms with E-state index in [4.69, 9.17) is 14.2 Å². The summed E-state index contributed by atoms with van der Waals surface area (Å²) in [5, 5.41) is 0. The molecule has 0 bridgehead atoms. The Morgan fingerprint density at radius 2 is 0.639 bits per heavy atom. The molecule has 6 nitrogen and oxygen atoms in total. The Hall–Kier alpha value is -2.37. The standard InChI is InChI=1S/C55H100O6/c1-4-7-10-13-16-19-21-23-25-27-29-31-33-36-39-42-45-48-54(57)60-51-52(50-59-53(56)47-44-41-38-35-18-15-12-9-6-3)61-55(58)49-46-43-40-37-34-32-30-28-26-24-22-20-17-14-11-8-5-2/h7,10,16,19,23,25,52H,4-6,8-9,11-15,17-18,20-22,24,26-51H2,1-3H3/b10-7-,19-16-,25-23-. The predicted molar refractivity (Wildman–Crippen MR) is 261 cm³/mol. The van der Waals surface area contributed by atoms with Gasteiger partial charge in [0.15, 0.2) is 6.10 Å². The molecule has 0 heterocycles. The summed E-state index contributed by atoms with van der Waals surface area (Å²) in [7, 11) is 0. The highest BCUT2D eigenvalue weighted by Crippen LogP contribution is 2.16. The summed E-state index contributed by atoms with van der Waals surface area (Å²) in [6.07, 6.45) is 58.5. The number of unbranched alkanes of at least 4 members (excludes halogenated alkanes) is 31. The quantitative estimate of drug-likeness (QED) is 0.0262. The van der Waals surface area contributed by atoms with Crippen LogP contribution in [0.3, 0.4) is 0 Å². The topological polar surface area (TPSA) is 78.9 Å². The van der Waals surface area contributed by atoms with Crippen LogP contribution in [0.25, 0.3) is 0 Å². The van der Waals surface area contributed by atoms with Gasteiger partial charge in [0, 0.05) is 19.3 Å². The van der Waals surface area contributed by atoms with Crippen LogP contribution >= 0.6 is 0 Å². The zero-order chi connectivity index (χ0) is 44.4. The molecule has 0 amide bonds. The van der Waals surface area contributed by atoms with E-state index in [1.807, 2.05) is 0 Å². The van der Waals surface area contributed by atoms with Gasteiger partial charge in [0.25, 0.3) is 0 Å². The van der Waals surface area contributed by atoms with Crippen LogP contribution in [0, 0.1) is 0 Å². The van der Waals surface area contributed by atoms with Crippen molar-refractivity contribution < 1.29 is 28.6 Å². The molecule has 0 saturated heterocycles. The molecule has 6 heteroatoms. The van der Waals surface area contributed by atoms with Gasteiger partial charge in [0.2, 0.25) is 0 Å². The van der Waals surface area contributed by atoms with Crippen molar-refractivity contribution in [3.63, 3.8) is 0 Å². The van der Waals surface area contributed by atoms with Crippen molar-refractivity contribution in [2.75, 3.05) is 13.2 Å². The van der Waals surface area contributed by atoms with Crippen LogP contribution in [0.4, 0.5) is 0 Å². The molecule has 0 N–H and O–H groups in total. The van der Waals surface area contributed by atoms with Crippen LogP contribution in [-0.2, 0) is 28.6 Å². The Labute approximate surface area is 378 Å². The number of esters is 3. The Morgan fingerprint density at radius 1 is 0.344 bits per heavy atom. The summed E-state index contributed by atoms with van der Waals surface area (Å²) in [4.78, 5) is 37.9.